The summed E-state index contributed by atoms with van der Waals surface area (Å²) in [4.78, 5) is 14.7. The first kappa shape index (κ1) is 17.4. The van der Waals surface area contributed by atoms with Gasteiger partial charge in [-0.3, -0.25) is 9.48 Å². The summed E-state index contributed by atoms with van der Waals surface area (Å²) in [7, 11) is 0. The van der Waals surface area contributed by atoms with E-state index >= 15 is 0 Å². The molecule has 3 heterocycles. The Bertz CT molecular complexity index is 570. The summed E-state index contributed by atoms with van der Waals surface area (Å²) in [5.41, 5.74) is 2.20. The molecule has 0 spiro atoms. The Labute approximate surface area is 144 Å². The van der Waals surface area contributed by atoms with Crippen molar-refractivity contribution < 1.29 is 9.53 Å². The lowest BCUT2D eigenvalue weighted by Crippen LogP contribution is -2.41. The van der Waals surface area contributed by atoms with Gasteiger partial charge in [0.15, 0.2) is 0 Å². The Hall–Kier alpha value is -1.40. The first-order valence-electron chi connectivity index (χ1n) is 9.06. The maximum Gasteiger partial charge on any atom is 0.257 e. The number of nitrogens with zero attached hydrogens (tertiary/aromatic N) is 3. The number of fused-ring (bicyclic) bond motifs is 1. The van der Waals surface area contributed by atoms with Crippen LogP contribution < -0.4 is 5.32 Å². The van der Waals surface area contributed by atoms with Crippen LogP contribution in [-0.2, 0) is 17.7 Å². The highest BCUT2D eigenvalue weighted by molar-refractivity contribution is 5.95. The van der Waals surface area contributed by atoms with E-state index in [2.05, 4.69) is 31.2 Å². The lowest BCUT2D eigenvalue weighted by atomic mass is 9.92. The van der Waals surface area contributed by atoms with E-state index in [4.69, 9.17) is 4.74 Å². The molecule has 1 atom stereocenters. The van der Waals surface area contributed by atoms with Crippen LogP contribution in [0.5, 0.6) is 0 Å². The minimum Gasteiger partial charge on any atom is -0.378 e. The summed E-state index contributed by atoms with van der Waals surface area (Å²) in [6.07, 6.45) is 3.82. The van der Waals surface area contributed by atoms with E-state index in [1.165, 1.54) is 0 Å². The number of rotatable bonds is 4. The van der Waals surface area contributed by atoms with Crippen molar-refractivity contribution in [2.45, 2.75) is 40.2 Å². The van der Waals surface area contributed by atoms with Crippen LogP contribution in [0.3, 0.4) is 0 Å². The molecule has 0 saturated carbocycles. The molecule has 6 heteroatoms. The number of carbonyl (C=O) groups excluding carboxylic acids is 1. The highest BCUT2D eigenvalue weighted by Crippen LogP contribution is 2.24. The van der Waals surface area contributed by atoms with Crippen LogP contribution in [0, 0.1) is 11.3 Å². The molecule has 1 unspecified atom stereocenters. The SMILES string of the molecule is CC(C)(C)CNCC1CCn2ncc(C(=O)N3CCOCC3)c2C1. The van der Waals surface area contributed by atoms with Crippen molar-refractivity contribution >= 4 is 5.91 Å². The zero-order valence-electron chi connectivity index (χ0n) is 15.2. The largest absolute Gasteiger partial charge is 0.378 e. The summed E-state index contributed by atoms with van der Waals surface area (Å²) in [6, 6.07) is 0. The second kappa shape index (κ2) is 7.23. The molecule has 0 aliphatic carbocycles. The second-order valence-corrected chi connectivity index (χ2v) is 8.18. The van der Waals surface area contributed by atoms with E-state index in [9.17, 15) is 4.79 Å². The molecular formula is C18H30N4O2. The first-order chi connectivity index (χ1) is 11.4. The fourth-order valence-electron chi connectivity index (χ4n) is 3.44. The van der Waals surface area contributed by atoms with E-state index in [0.29, 0.717) is 37.6 Å². The molecule has 2 aliphatic rings. The molecule has 1 saturated heterocycles. The number of ether oxygens (including phenoxy) is 1. The average molecular weight is 334 g/mol. The van der Waals surface area contributed by atoms with Gasteiger partial charge in [-0.1, -0.05) is 20.8 Å². The van der Waals surface area contributed by atoms with Gasteiger partial charge in [0.25, 0.3) is 5.91 Å². The van der Waals surface area contributed by atoms with E-state index in [0.717, 1.165) is 43.7 Å². The number of nitrogens with one attached hydrogen (secondary N) is 1. The Morgan fingerprint density at radius 1 is 1.33 bits per heavy atom. The molecule has 6 nitrogen and oxygen atoms in total. The quantitative estimate of drug-likeness (QED) is 0.908. The molecule has 134 valence electrons. The van der Waals surface area contributed by atoms with Gasteiger partial charge in [-0.15, -0.1) is 0 Å². The van der Waals surface area contributed by atoms with Crippen LogP contribution in [0.4, 0.5) is 0 Å². The normalized spacial score (nSPS) is 21.6. The molecule has 1 fully saturated rings. The molecule has 0 radical (unpaired) electrons. The number of hydrogen-bond acceptors (Lipinski definition) is 4. The van der Waals surface area contributed by atoms with E-state index < -0.39 is 0 Å². The van der Waals surface area contributed by atoms with E-state index in [1.54, 1.807) is 6.20 Å². The van der Waals surface area contributed by atoms with Crippen molar-refractivity contribution in [1.82, 2.24) is 20.0 Å². The fraction of sp³-hybridized carbons (Fsp3) is 0.778. The number of amides is 1. The maximum atomic E-state index is 12.8. The van der Waals surface area contributed by atoms with Gasteiger partial charge < -0.3 is 15.0 Å². The molecule has 1 amide bonds. The van der Waals surface area contributed by atoms with Gasteiger partial charge in [0.2, 0.25) is 0 Å². The number of aromatic nitrogens is 2. The molecule has 1 aromatic heterocycles. The second-order valence-electron chi connectivity index (χ2n) is 8.18. The van der Waals surface area contributed by atoms with Crippen molar-refractivity contribution in [1.29, 1.82) is 0 Å². The smallest absolute Gasteiger partial charge is 0.257 e. The summed E-state index contributed by atoms with van der Waals surface area (Å²) in [5, 5.41) is 8.03. The number of morpholine rings is 1. The first-order valence-corrected chi connectivity index (χ1v) is 9.06. The summed E-state index contributed by atoms with van der Waals surface area (Å²) in [5.74, 6) is 0.690. The third kappa shape index (κ3) is 4.16. The number of hydrogen-bond donors (Lipinski definition) is 1. The van der Waals surface area contributed by atoms with Gasteiger partial charge in [0, 0.05) is 19.6 Å². The Kier molecular flexibility index (Phi) is 5.25. The van der Waals surface area contributed by atoms with Crippen LogP contribution in [0.2, 0.25) is 0 Å². The van der Waals surface area contributed by atoms with Gasteiger partial charge in [0.05, 0.1) is 30.7 Å². The van der Waals surface area contributed by atoms with Gasteiger partial charge in [0.1, 0.15) is 0 Å². The standard InChI is InChI=1S/C18H30N4O2/c1-18(2,3)13-19-11-14-4-5-22-16(10-14)15(12-20-22)17(23)21-6-8-24-9-7-21/h12,14,19H,4-11,13H2,1-3H3. The number of carbonyl (C=O) groups is 1. The minimum absolute atomic E-state index is 0.114. The molecule has 3 rings (SSSR count). The van der Waals surface area contributed by atoms with Gasteiger partial charge in [-0.25, -0.2) is 0 Å². The van der Waals surface area contributed by atoms with Crippen molar-refractivity contribution in [2.75, 3.05) is 39.4 Å². The summed E-state index contributed by atoms with van der Waals surface area (Å²) >= 11 is 0. The van der Waals surface area contributed by atoms with E-state index in [-0.39, 0.29) is 5.91 Å². The van der Waals surface area contributed by atoms with Gasteiger partial charge in [-0.05, 0) is 37.3 Å². The third-order valence-electron chi connectivity index (χ3n) is 4.80. The number of aryl methyl sites for hydroxylation is 1. The maximum absolute atomic E-state index is 12.8. The Morgan fingerprint density at radius 3 is 2.79 bits per heavy atom. The van der Waals surface area contributed by atoms with Crippen LogP contribution >= 0.6 is 0 Å². The van der Waals surface area contributed by atoms with Crippen molar-refractivity contribution in [3.63, 3.8) is 0 Å². The lowest BCUT2D eigenvalue weighted by Gasteiger charge is -2.29. The molecule has 24 heavy (non-hydrogen) atoms. The van der Waals surface area contributed by atoms with E-state index in [1.807, 2.05) is 9.58 Å². The Balaban J connectivity index is 1.62. The highest BCUT2D eigenvalue weighted by Gasteiger charge is 2.28. The van der Waals surface area contributed by atoms with Gasteiger partial charge >= 0.3 is 0 Å². The predicted octanol–water partition coefficient (Wildman–Crippen LogP) is 1.55. The zero-order chi connectivity index (χ0) is 17.2. The predicted molar refractivity (Wildman–Crippen MR) is 93.1 cm³/mol. The van der Waals surface area contributed by atoms with Crippen molar-refractivity contribution in [3.8, 4) is 0 Å². The molecule has 1 aromatic rings. The average Bonchev–Trinajstić information content (AvgIpc) is 2.97. The third-order valence-corrected chi connectivity index (χ3v) is 4.80. The zero-order valence-corrected chi connectivity index (χ0v) is 15.2. The molecule has 0 aromatic carbocycles. The topological polar surface area (TPSA) is 59.4 Å². The van der Waals surface area contributed by atoms with Crippen molar-refractivity contribution in [2.24, 2.45) is 11.3 Å². The van der Waals surface area contributed by atoms with Crippen LogP contribution in [0.1, 0.15) is 43.2 Å². The van der Waals surface area contributed by atoms with Crippen LogP contribution in [-0.4, -0.2) is 60.0 Å². The minimum atomic E-state index is 0.114. The molecule has 0 bridgehead atoms. The Morgan fingerprint density at radius 2 is 2.08 bits per heavy atom. The monoisotopic (exact) mass is 334 g/mol. The molecule has 2 aliphatic heterocycles. The van der Waals surface area contributed by atoms with Crippen LogP contribution in [0.15, 0.2) is 6.20 Å². The molecule has 1 N–H and O–H groups in total. The van der Waals surface area contributed by atoms with Crippen molar-refractivity contribution in [3.05, 3.63) is 17.5 Å². The fourth-order valence-corrected chi connectivity index (χ4v) is 3.44. The summed E-state index contributed by atoms with van der Waals surface area (Å²) in [6.45, 7) is 12.3. The highest BCUT2D eigenvalue weighted by atomic mass is 16.5. The summed E-state index contributed by atoms with van der Waals surface area (Å²) < 4.78 is 7.37. The molecular weight excluding hydrogens is 304 g/mol. The van der Waals surface area contributed by atoms with Crippen LogP contribution in [0.25, 0.3) is 0 Å². The van der Waals surface area contributed by atoms with Gasteiger partial charge in [-0.2, -0.15) is 5.10 Å². The lowest BCUT2D eigenvalue weighted by molar-refractivity contribution is 0.0301.